The normalized spacial score (nSPS) is 23.6. The molecule has 1 aliphatic heterocycles. The highest BCUT2D eigenvalue weighted by Crippen LogP contribution is 2.40. The van der Waals surface area contributed by atoms with Crippen LogP contribution in [0.1, 0.15) is 53.2 Å². The number of aryl methyl sites for hydroxylation is 1. The van der Waals surface area contributed by atoms with E-state index in [2.05, 4.69) is 4.90 Å². The van der Waals surface area contributed by atoms with E-state index >= 15 is 0 Å². The van der Waals surface area contributed by atoms with Crippen LogP contribution in [-0.2, 0) is 18.2 Å². The van der Waals surface area contributed by atoms with E-state index in [9.17, 15) is 23.1 Å². The van der Waals surface area contributed by atoms with Crippen molar-refractivity contribution < 1.29 is 27.8 Å². The van der Waals surface area contributed by atoms with Gasteiger partial charge in [0.2, 0.25) is 0 Å². The van der Waals surface area contributed by atoms with E-state index in [0.29, 0.717) is 49.4 Å². The molecule has 1 fully saturated rings. The fraction of sp³-hybridized carbons (Fsp3) is 0.480. The van der Waals surface area contributed by atoms with Crippen molar-refractivity contribution in [1.29, 1.82) is 0 Å². The van der Waals surface area contributed by atoms with Crippen molar-refractivity contribution in [2.75, 3.05) is 26.7 Å². The maximum absolute atomic E-state index is 13.3. The van der Waals surface area contributed by atoms with Crippen LogP contribution in [0.5, 0.6) is 5.75 Å². The molecular weight excluding hydrogens is 419 g/mol. The smallest absolute Gasteiger partial charge is 0.416 e. The highest BCUT2D eigenvalue weighted by molar-refractivity contribution is 6.03. The van der Waals surface area contributed by atoms with Gasteiger partial charge in [-0.1, -0.05) is 25.1 Å². The lowest BCUT2D eigenvalue weighted by molar-refractivity contribution is -0.137. The number of piperidine rings is 1. The molecule has 1 N–H and O–H groups in total. The number of fused-ring (bicyclic) bond motifs is 1. The number of carbonyl (C=O) groups is 1. The predicted molar refractivity (Wildman–Crippen MR) is 115 cm³/mol. The van der Waals surface area contributed by atoms with Crippen molar-refractivity contribution in [2.45, 2.75) is 44.4 Å². The van der Waals surface area contributed by atoms with E-state index in [1.165, 1.54) is 6.07 Å². The topological polar surface area (TPSA) is 49.8 Å². The summed E-state index contributed by atoms with van der Waals surface area (Å²) in [6, 6.07) is 10.6. The van der Waals surface area contributed by atoms with Gasteiger partial charge >= 0.3 is 6.18 Å². The molecule has 0 saturated carbocycles. The summed E-state index contributed by atoms with van der Waals surface area (Å²) in [5.74, 6) is 0.752. The molecule has 1 unspecified atom stereocenters. The summed E-state index contributed by atoms with van der Waals surface area (Å²) in [7, 11) is 1.58. The Balaban J connectivity index is 1.45. The van der Waals surface area contributed by atoms with Gasteiger partial charge in [-0.15, -0.1) is 0 Å². The number of aliphatic hydroxyl groups is 1. The van der Waals surface area contributed by atoms with E-state index in [0.717, 1.165) is 30.5 Å². The van der Waals surface area contributed by atoms with Gasteiger partial charge in [0.1, 0.15) is 5.75 Å². The number of methoxy groups -OCH3 is 1. The molecule has 0 aromatic heterocycles. The molecule has 0 radical (unpaired) electrons. The molecule has 7 heteroatoms. The van der Waals surface area contributed by atoms with Crippen molar-refractivity contribution in [3.8, 4) is 5.75 Å². The first-order valence-corrected chi connectivity index (χ1v) is 10.9. The van der Waals surface area contributed by atoms with Gasteiger partial charge in [-0.25, -0.2) is 0 Å². The summed E-state index contributed by atoms with van der Waals surface area (Å²) < 4.78 is 44.5. The minimum absolute atomic E-state index is 0.0939. The lowest BCUT2D eigenvalue weighted by Crippen LogP contribution is -2.49. The third kappa shape index (κ3) is 4.28. The first-order chi connectivity index (χ1) is 15.0. The second-order valence-corrected chi connectivity index (χ2v) is 9.30. The molecule has 0 amide bonds. The maximum Gasteiger partial charge on any atom is 0.416 e. The fourth-order valence-electron chi connectivity index (χ4n) is 4.96. The van der Waals surface area contributed by atoms with Crippen molar-refractivity contribution in [3.05, 3.63) is 64.7 Å². The van der Waals surface area contributed by atoms with Crippen LogP contribution < -0.4 is 4.74 Å². The Morgan fingerprint density at radius 1 is 1.09 bits per heavy atom. The summed E-state index contributed by atoms with van der Waals surface area (Å²) in [4.78, 5) is 15.5. The summed E-state index contributed by atoms with van der Waals surface area (Å²) in [6.07, 6.45) is -2.25. The quantitative estimate of drug-likeness (QED) is 0.729. The Bertz CT molecular complexity index is 1010. The minimum Gasteiger partial charge on any atom is -0.497 e. The van der Waals surface area contributed by atoms with Crippen LogP contribution in [0.15, 0.2) is 42.5 Å². The molecule has 4 nitrogen and oxygen atoms in total. The Labute approximate surface area is 186 Å². The zero-order valence-electron chi connectivity index (χ0n) is 18.3. The predicted octanol–water partition coefficient (Wildman–Crippen LogP) is 4.83. The van der Waals surface area contributed by atoms with Gasteiger partial charge < -0.3 is 14.7 Å². The number of hydrogen-bond acceptors (Lipinski definition) is 4. The van der Waals surface area contributed by atoms with Crippen molar-refractivity contribution in [2.24, 2.45) is 5.41 Å². The Hall–Kier alpha value is -2.38. The van der Waals surface area contributed by atoms with Gasteiger partial charge in [0, 0.05) is 30.6 Å². The number of hydrogen-bond donors (Lipinski definition) is 1. The van der Waals surface area contributed by atoms with E-state index in [4.69, 9.17) is 4.74 Å². The number of halogens is 3. The van der Waals surface area contributed by atoms with Crippen molar-refractivity contribution in [3.63, 3.8) is 0 Å². The Kier molecular flexibility index (Phi) is 5.84. The van der Waals surface area contributed by atoms with Crippen LogP contribution in [0.2, 0.25) is 0 Å². The molecule has 0 bridgehead atoms. The standard InChI is InChI=1S/C25H28F3NO3/c1-23(9-8-17-6-7-20(32-2)15-21(17)22(23)30)16-29-12-10-24(31,11-13-29)18-4-3-5-19(14-18)25(26,27)28/h3-7,14-15,31H,8-13,16H2,1-2H3. The number of ether oxygens (including phenoxy) is 1. The van der Waals surface area contributed by atoms with Crippen LogP contribution >= 0.6 is 0 Å². The summed E-state index contributed by atoms with van der Waals surface area (Å²) in [5, 5.41) is 11.1. The number of ketones is 1. The van der Waals surface area contributed by atoms with Gasteiger partial charge in [-0.3, -0.25) is 4.79 Å². The molecule has 0 spiro atoms. The van der Waals surface area contributed by atoms with E-state index < -0.39 is 22.8 Å². The highest BCUT2D eigenvalue weighted by atomic mass is 19.4. The van der Waals surface area contributed by atoms with Crippen LogP contribution in [0.25, 0.3) is 0 Å². The molecule has 1 heterocycles. The van der Waals surface area contributed by atoms with Crippen LogP contribution in [0.4, 0.5) is 13.2 Å². The maximum atomic E-state index is 13.3. The number of rotatable bonds is 4. The summed E-state index contributed by atoms with van der Waals surface area (Å²) in [6.45, 7) is 3.56. The molecule has 172 valence electrons. The molecule has 2 aromatic rings. The van der Waals surface area contributed by atoms with Gasteiger partial charge in [-0.05, 0) is 61.1 Å². The van der Waals surface area contributed by atoms with Crippen LogP contribution in [0, 0.1) is 5.41 Å². The first-order valence-electron chi connectivity index (χ1n) is 10.9. The van der Waals surface area contributed by atoms with Gasteiger partial charge in [0.25, 0.3) is 0 Å². The summed E-state index contributed by atoms with van der Waals surface area (Å²) >= 11 is 0. The van der Waals surface area contributed by atoms with Crippen LogP contribution in [0.3, 0.4) is 0 Å². The highest BCUT2D eigenvalue weighted by Gasteiger charge is 2.42. The van der Waals surface area contributed by atoms with Gasteiger partial charge in [-0.2, -0.15) is 13.2 Å². The second kappa shape index (κ2) is 8.19. The second-order valence-electron chi connectivity index (χ2n) is 9.30. The SMILES string of the molecule is COc1ccc2c(c1)C(=O)C(C)(CN1CCC(O)(c3cccc(C(F)(F)F)c3)CC1)CC2. The third-order valence-electron chi connectivity index (χ3n) is 7.04. The molecule has 4 rings (SSSR count). The number of benzene rings is 2. The minimum atomic E-state index is -4.44. The number of carbonyl (C=O) groups excluding carboxylic acids is 1. The molecule has 1 saturated heterocycles. The van der Waals surface area contributed by atoms with E-state index in [1.54, 1.807) is 19.2 Å². The van der Waals surface area contributed by atoms with E-state index in [-0.39, 0.29) is 5.78 Å². The number of likely N-dealkylation sites (tertiary alicyclic amines) is 1. The van der Waals surface area contributed by atoms with E-state index in [1.807, 2.05) is 19.1 Å². The average Bonchev–Trinajstić information content (AvgIpc) is 2.78. The lowest BCUT2D eigenvalue weighted by atomic mass is 9.71. The fourth-order valence-corrected chi connectivity index (χ4v) is 4.96. The summed E-state index contributed by atoms with van der Waals surface area (Å²) in [5.41, 5.74) is -0.560. The largest absolute Gasteiger partial charge is 0.497 e. The Morgan fingerprint density at radius 3 is 2.47 bits per heavy atom. The van der Waals surface area contributed by atoms with Gasteiger partial charge in [0.05, 0.1) is 18.3 Å². The molecular formula is C25H28F3NO3. The zero-order valence-corrected chi connectivity index (χ0v) is 18.3. The van der Waals surface area contributed by atoms with Gasteiger partial charge in [0.15, 0.2) is 5.78 Å². The number of alkyl halides is 3. The number of nitrogens with zero attached hydrogens (tertiary/aromatic N) is 1. The van der Waals surface area contributed by atoms with Crippen LogP contribution in [-0.4, -0.2) is 42.5 Å². The number of Topliss-reactive ketones (excluding diaryl/α,β-unsaturated/α-hetero) is 1. The molecule has 1 aliphatic carbocycles. The Morgan fingerprint density at radius 2 is 1.81 bits per heavy atom. The van der Waals surface area contributed by atoms with Crippen molar-refractivity contribution >= 4 is 5.78 Å². The average molecular weight is 447 g/mol. The molecule has 2 aliphatic rings. The van der Waals surface area contributed by atoms with Crippen molar-refractivity contribution in [1.82, 2.24) is 4.90 Å². The molecule has 1 atom stereocenters. The monoisotopic (exact) mass is 447 g/mol. The first kappa shape index (κ1) is 22.8. The third-order valence-corrected chi connectivity index (χ3v) is 7.04. The zero-order chi connectivity index (χ0) is 23.1. The molecule has 32 heavy (non-hydrogen) atoms. The lowest BCUT2D eigenvalue weighted by Gasteiger charge is -2.43. The molecule has 2 aromatic carbocycles.